The van der Waals surface area contributed by atoms with E-state index in [-0.39, 0.29) is 6.61 Å². The summed E-state index contributed by atoms with van der Waals surface area (Å²) in [6.45, 7) is 5.06. The predicted molar refractivity (Wildman–Crippen MR) is 84.5 cm³/mol. The van der Waals surface area contributed by atoms with Gasteiger partial charge in [-0.1, -0.05) is 29.8 Å². The molecule has 0 saturated carbocycles. The van der Waals surface area contributed by atoms with Crippen LogP contribution >= 0.6 is 0 Å². The first-order valence-electron chi connectivity index (χ1n) is 7.70. The Balaban J connectivity index is 1.71. The quantitative estimate of drug-likeness (QED) is 0.879. The SMILES string of the molecule is Cc1cccc(C[C@@]2(CO)CN(Cc3ncc[nH]3)CCO2)c1. The van der Waals surface area contributed by atoms with Gasteiger partial charge in [-0.3, -0.25) is 4.90 Å². The molecule has 2 N–H and O–H groups in total. The monoisotopic (exact) mass is 301 g/mol. The summed E-state index contributed by atoms with van der Waals surface area (Å²) in [4.78, 5) is 9.70. The molecule has 5 nitrogen and oxygen atoms in total. The zero-order valence-electron chi connectivity index (χ0n) is 13.0. The van der Waals surface area contributed by atoms with Crippen molar-refractivity contribution >= 4 is 0 Å². The molecule has 0 unspecified atom stereocenters. The lowest BCUT2D eigenvalue weighted by molar-refractivity contribution is -0.134. The van der Waals surface area contributed by atoms with Gasteiger partial charge in [0.1, 0.15) is 11.4 Å². The summed E-state index contributed by atoms with van der Waals surface area (Å²) in [5.41, 5.74) is 1.90. The fourth-order valence-electron chi connectivity index (χ4n) is 3.11. The van der Waals surface area contributed by atoms with E-state index in [1.54, 1.807) is 6.20 Å². The molecule has 0 spiro atoms. The van der Waals surface area contributed by atoms with Crippen molar-refractivity contribution in [2.45, 2.75) is 25.5 Å². The smallest absolute Gasteiger partial charge is 0.120 e. The van der Waals surface area contributed by atoms with Gasteiger partial charge in [0.25, 0.3) is 0 Å². The number of aryl methyl sites for hydroxylation is 1. The van der Waals surface area contributed by atoms with Crippen LogP contribution in [0.2, 0.25) is 0 Å². The van der Waals surface area contributed by atoms with Crippen molar-refractivity contribution in [1.29, 1.82) is 0 Å². The third-order valence-electron chi connectivity index (χ3n) is 4.15. The van der Waals surface area contributed by atoms with Gasteiger partial charge in [-0.05, 0) is 12.5 Å². The Morgan fingerprint density at radius 3 is 3.09 bits per heavy atom. The molecule has 0 aliphatic carbocycles. The van der Waals surface area contributed by atoms with Crippen LogP contribution in [0.4, 0.5) is 0 Å². The molecule has 0 radical (unpaired) electrons. The molecule has 1 aliphatic rings. The molecule has 22 heavy (non-hydrogen) atoms. The van der Waals surface area contributed by atoms with Crippen molar-refractivity contribution in [3.63, 3.8) is 0 Å². The summed E-state index contributed by atoms with van der Waals surface area (Å²) in [5, 5.41) is 9.94. The van der Waals surface area contributed by atoms with Crippen LogP contribution in [0.3, 0.4) is 0 Å². The first-order valence-corrected chi connectivity index (χ1v) is 7.70. The number of aromatic nitrogens is 2. The van der Waals surface area contributed by atoms with E-state index in [2.05, 4.69) is 46.1 Å². The van der Waals surface area contributed by atoms with Crippen molar-refractivity contribution in [2.75, 3.05) is 26.3 Å². The Hall–Kier alpha value is -1.69. The van der Waals surface area contributed by atoms with Gasteiger partial charge in [0.15, 0.2) is 0 Å². The highest BCUT2D eigenvalue weighted by Crippen LogP contribution is 2.24. The number of aliphatic hydroxyl groups is 1. The lowest BCUT2D eigenvalue weighted by Crippen LogP contribution is -2.55. The average Bonchev–Trinajstić information content (AvgIpc) is 3.00. The second-order valence-corrected chi connectivity index (χ2v) is 6.10. The topological polar surface area (TPSA) is 61.4 Å². The van der Waals surface area contributed by atoms with Crippen LogP contribution in [0.15, 0.2) is 36.7 Å². The Bertz CT molecular complexity index is 600. The molecule has 118 valence electrons. The Morgan fingerprint density at radius 2 is 2.36 bits per heavy atom. The summed E-state index contributed by atoms with van der Waals surface area (Å²) in [6, 6.07) is 8.39. The van der Waals surface area contributed by atoms with Gasteiger partial charge >= 0.3 is 0 Å². The van der Waals surface area contributed by atoms with Crippen molar-refractivity contribution in [1.82, 2.24) is 14.9 Å². The number of aliphatic hydroxyl groups excluding tert-OH is 1. The van der Waals surface area contributed by atoms with Crippen molar-refractivity contribution in [3.8, 4) is 0 Å². The van der Waals surface area contributed by atoms with E-state index in [0.717, 1.165) is 25.3 Å². The number of nitrogens with one attached hydrogen (secondary N) is 1. The van der Waals surface area contributed by atoms with Gasteiger partial charge in [0.2, 0.25) is 0 Å². The molecule has 0 bridgehead atoms. The Morgan fingerprint density at radius 1 is 1.45 bits per heavy atom. The molecular formula is C17H23N3O2. The highest BCUT2D eigenvalue weighted by atomic mass is 16.5. The largest absolute Gasteiger partial charge is 0.393 e. The Kier molecular flexibility index (Phi) is 4.57. The molecule has 1 atom stereocenters. The molecule has 1 fully saturated rings. The van der Waals surface area contributed by atoms with Crippen LogP contribution in [0.25, 0.3) is 0 Å². The summed E-state index contributed by atoms with van der Waals surface area (Å²) in [5.74, 6) is 0.948. The summed E-state index contributed by atoms with van der Waals surface area (Å²) in [6.07, 6.45) is 4.32. The second-order valence-electron chi connectivity index (χ2n) is 6.10. The van der Waals surface area contributed by atoms with E-state index >= 15 is 0 Å². The minimum atomic E-state index is -0.529. The van der Waals surface area contributed by atoms with Gasteiger partial charge in [-0.25, -0.2) is 4.98 Å². The maximum atomic E-state index is 9.94. The number of nitrogens with zero attached hydrogens (tertiary/aromatic N) is 2. The fourth-order valence-corrected chi connectivity index (χ4v) is 3.11. The molecule has 1 aliphatic heterocycles. The van der Waals surface area contributed by atoms with E-state index in [4.69, 9.17) is 4.74 Å². The van der Waals surface area contributed by atoms with Crippen LogP contribution in [-0.2, 0) is 17.7 Å². The molecule has 2 aromatic rings. The van der Waals surface area contributed by atoms with E-state index in [1.807, 2.05) is 6.20 Å². The van der Waals surface area contributed by atoms with Crippen LogP contribution in [0.1, 0.15) is 17.0 Å². The number of rotatable bonds is 5. The zero-order chi connectivity index (χ0) is 15.4. The van der Waals surface area contributed by atoms with Gasteiger partial charge < -0.3 is 14.8 Å². The Labute approximate surface area is 130 Å². The minimum Gasteiger partial charge on any atom is -0.393 e. The first kappa shape index (κ1) is 15.2. The highest BCUT2D eigenvalue weighted by Gasteiger charge is 2.36. The number of ether oxygens (including phenoxy) is 1. The fraction of sp³-hybridized carbons (Fsp3) is 0.471. The molecule has 3 rings (SSSR count). The van der Waals surface area contributed by atoms with Gasteiger partial charge in [-0.15, -0.1) is 0 Å². The van der Waals surface area contributed by atoms with Crippen LogP contribution in [0, 0.1) is 6.92 Å². The van der Waals surface area contributed by atoms with Gasteiger partial charge in [-0.2, -0.15) is 0 Å². The lowest BCUT2D eigenvalue weighted by atomic mass is 9.92. The maximum absolute atomic E-state index is 9.94. The van der Waals surface area contributed by atoms with Crippen molar-refractivity contribution in [2.24, 2.45) is 0 Å². The van der Waals surface area contributed by atoms with Crippen LogP contribution in [-0.4, -0.2) is 51.9 Å². The third-order valence-corrected chi connectivity index (χ3v) is 4.15. The normalized spacial score (nSPS) is 22.8. The minimum absolute atomic E-state index is 0.0234. The highest BCUT2D eigenvalue weighted by molar-refractivity contribution is 5.24. The number of benzene rings is 1. The third kappa shape index (κ3) is 3.55. The number of imidazole rings is 1. The lowest BCUT2D eigenvalue weighted by Gasteiger charge is -2.41. The second kappa shape index (κ2) is 6.60. The average molecular weight is 301 g/mol. The molecule has 5 heteroatoms. The predicted octanol–water partition coefficient (Wildman–Crippen LogP) is 1.52. The summed E-state index contributed by atoms with van der Waals surface area (Å²) >= 11 is 0. The number of morpholine rings is 1. The summed E-state index contributed by atoms with van der Waals surface area (Å²) in [7, 11) is 0. The molecule has 1 saturated heterocycles. The van der Waals surface area contributed by atoms with Crippen molar-refractivity contribution < 1.29 is 9.84 Å². The van der Waals surface area contributed by atoms with Crippen molar-refractivity contribution in [3.05, 3.63) is 53.6 Å². The molecule has 1 aromatic carbocycles. The van der Waals surface area contributed by atoms with Crippen LogP contribution in [0.5, 0.6) is 0 Å². The van der Waals surface area contributed by atoms with E-state index in [9.17, 15) is 5.11 Å². The van der Waals surface area contributed by atoms with Gasteiger partial charge in [0, 0.05) is 31.9 Å². The zero-order valence-corrected chi connectivity index (χ0v) is 13.0. The number of H-pyrrole nitrogens is 1. The molecule has 2 heterocycles. The first-order chi connectivity index (χ1) is 10.7. The molecule has 0 amide bonds. The standard InChI is InChI=1S/C17H23N3O2/c1-14-3-2-4-15(9-14)10-17(13-21)12-20(7-8-22-17)11-16-18-5-6-19-16/h2-6,9,21H,7-8,10-13H2,1H3,(H,18,19)/t17-/m0/s1. The van der Waals surface area contributed by atoms with E-state index < -0.39 is 5.60 Å². The summed E-state index contributed by atoms with van der Waals surface area (Å²) < 4.78 is 5.99. The van der Waals surface area contributed by atoms with E-state index in [1.165, 1.54) is 11.1 Å². The number of hydrogen-bond donors (Lipinski definition) is 2. The molecular weight excluding hydrogens is 278 g/mol. The van der Waals surface area contributed by atoms with Gasteiger partial charge in [0.05, 0.1) is 19.8 Å². The van der Waals surface area contributed by atoms with Crippen LogP contribution < -0.4 is 0 Å². The van der Waals surface area contributed by atoms with E-state index in [0.29, 0.717) is 13.2 Å². The number of hydrogen-bond acceptors (Lipinski definition) is 4. The molecule has 1 aromatic heterocycles. The number of aromatic amines is 1. The maximum Gasteiger partial charge on any atom is 0.120 e.